The van der Waals surface area contributed by atoms with Crippen LogP contribution in [0.25, 0.3) is 0 Å². The summed E-state index contributed by atoms with van der Waals surface area (Å²) in [5.74, 6) is -0.768. The molecular formula is C23H28N2O4. The molecule has 0 unspecified atom stereocenters. The molecule has 29 heavy (non-hydrogen) atoms. The van der Waals surface area contributed by atoms with Gasteiger partial charge in [-0.25, -0.2) is 4.79 Å². The number of aromatic amines is 1. The van der Waals surface area contributed by atoms with Gasteiger partial charge in [0.25, 0.3) is 5.91 Å². The highest BCUT2D eigenvalue weighted by Gasteiger charge is 2.35. The summed E-state index contributed by atoms with van der Waals surface area (Å²) >= 11 is 0. The molecule has 1 N–H and O–H groups in total. The van der Waals surface area contributed by atoms with Crippen LogP contribution in [0.2, 0.25) is 0 Å². The van der Waals surface area contributed by atoms with Crippen molar-refractivity contribution in [3.8, 4) is 0 Å². The maximum absolute atomic E-state index is 13.1. The van der Waals surface area contributed by atoms with E-state index >= 15 is 0 Å². The lowest BCUT2D eigenvalue weighted by molar-refractivity contribution is 0.0519. The highest BCUT2D eigenvalue weighted by Crippen LogP contribution is 2.29. The number of rotatable bonds is 8. The van der Waals surface area contributed by atoms with Crippen molar-refractivity contribution in [2.24, 2.45) is 0 Å². The second-order valence-corrected chi connectivity index (χ2v) is 7.48. The summed E-state index contributed by atoms with van der Waals surface area (Å²) in [7, 11) is 0. The first-order chi connectivity index (χ1) is 13.9. The first-order valence-corrected chi connectivity index (χ1v) is 10.2. The van der Waals surface area contributed by atoms with Gasteiger partial charge in [0, 0.05) is 22.9 Å². The maximum atomic E-state index is 13.1. The number of H-pyrrole nitrogens is 1. The van der Waals surface area contributed by atoms with E-state index < -0.39 is 5.97 Å². The Bertz CT molecular complexity index is 923. The molecule has 154 valence electrons. The molecular weight excluding hydrogens is 368 g/mol. The van der Waals surface area contributed by atoms with E-state index in [-0.39, 0.29) is 30.9 Å². The molecule has 1 saturated carbocycles. The number of esters is 1. The summed E-state index contributed by atoms with van der Waals surface area (Å²) in [5, 5.41) is 0. The van der Waals surface area contributed by atoms with Crippen LogP contribution in [0.5, 0.6) is 0 Å². The number of ketones is 1. The van der Waals surface area contributed by atoms with E-state index in [1.54, 1.807) is 25.7 Å². The lowest BCUT2D eigenvalue weighted by Crippen LogP contribution is -2.37. The number of hydrogen-bond donors (Lipinski definition) is 1. The van der Waals surface area contributed by atoms with Gasteiger partial charge in [0.05, 0.1) is 13.2 Å². The molecule has 3 rings (SSSR count). The fourth-order valence-corrected chi connectivity index (χ4v) is 3.61. The smallest absolute Gasteiger partial charge is 0.355 e. The van der Waals surface area contributed by atoms with Crippen LogP contribution in [0, 0.1) is 13.8 Å². The van der Waals surface area contributed by atoms with E-state index in [0.29, 0.717) is 28.1 Å². The predicted octanol–water partition coefficient (Wildman–Crippen LogP) is 3.86. The number of ether oxygens (including phenoxy) is 1. The van der Waals surface area contributed by atoms with Gasteiger partial charge in [0.15, 0.2) is 5.78 Å². The molecule has 6 heteroatoms. The topological polar surface area (TPSA) is 79.5 Å². The molecule has 1 aromatic heterocycles. The normalized spacial score (nSPS) is 13.2. The van der Waals surface area contributed by atoms with Gasteiger partial charge in [0.2, 0.25) is 0 Å². The lowest BCUT2D eigenvalue weighted by Gasteiger charge is -2.22. The van der Waals surface area contributed by atoms with Gasteiger partial charge in [-0.05, 0) is 63.3 Å². The number of amides is 1. The number of carbonyl (C=O) groups excluding carboxylic acids is 3. The Labute approximate surface area is 171 Å². The summed E-state index contributed by atoms with van der Waals surface area (Å²) in [4.78, 5) is 42.9. The van der Waals surface area contributed by atoms with Gasteiger partial charge in [-0.1, -0.05) is 19.1 Å². The second kappa shape index (κ2) is 8.64. The summed E-state index contributed by atoms with van der Waals surface area (Å²) in [5.41, 5.74) is 3.71. The molecule has 1 fully saturated rings. The predicted molar refractivity (Wildman–Crippen MR) is 110 cm³/mol. The van der Waals surface area contributed by atoms with Crippen molar-refractivity contribution in [3.63, 3.8) is 0 Å². The summed E-state index contributed by atoms with van der Waals surface area (Å²) in [6.07, 6.45) is 2.73. The lowest BCUT2D eigenvalue weighted by atomic mass is 10.0. The SMILES string of the molecule is CCOC(=O)c1[nH]c(C)c(C(=O)CN(C(=O)c2ccc(CC)cc2)C2CC2)c1C. The van der Waals surface area contributed by atoms with Crippen molar-refractivity contribution in [2.45, 2.75) is 53.0 Å². The molecule has 0 saturated heterocycles. The molecule has 0 aliphatic heterocycles. The molecule has 1 amide bonds. The van der Waals surface area contributed by atoms with Gasteiger partial charge in [0.1, 0.15) is 5.69 Å². The molecule has 1 aliphatic rings. The number of nitrogens with zero attached hydrogens (tertiary/aromatic N) is 1. The minimum absolute atomic E-state index is 0.000821. The molecule has 0 atom stereocenters. The number of Topliss-reactive ketones (excluding diaryl/α,β-unsaturated/α-hetero) is 1. The fraction of sp³-hybridized carbons (Fsp3) is 0.435. The van der Waals surface area contributed by atoms with Crippen LogP contribution in [0.4, 0.5) is 0 Å². The zero-order chi connectivity index (χ0) is 21.1. The van der Waals surface area contributed by atoms with Gasteiger partial charge in [-0.3, -0.25) is 9.59 Å². The van der Waals surface area contributed by atoms with E-state index in [4.69, 9.17) is 4.74 Å². The summed E-state index contributed by atoms with van der Waals surface area (Å²) < 4.78 is 5.06. The van der Waals surface area contributed by atoms with Crippen molar-refractivity contribution in [3.05, 3.63) is 57.9 Å². The average Bonchev–Trinajstić information content (AvgIpc) is 3.50. The maximum Gasteiger partial charge on any atom is 0.355 e. The van der Waals surface area contributed by atoms with E-state index in [0.717, 1.165) is 19.3 Å². The van der Waals surface area contributed by atoms with Gasteiger partial charge < -0.3 is 14.6 Å². The Morgan fingerprint density at radius 2 is 1.76 bits per heavy atom. The van der Waals surface area contributed by atoms with Crippen molar-refractivity contribution in [1.82, 2.24) is 9.88 Å². The Hall–Kier alpha value is -2.89. The van der Waals surface area contributed by atoms with Crippen molar-refractivity contribution >= 4 is 17.7 Å². The summed E-state index contributed by atoms with van der Waals surface area (Å²) in [6, 6.07) is 7.65. The quantitative estimate of drug-likeness (QED) is 0.543. The minimum atomic E-state index is -0.474. The van der Waals surface area contributed by atoms with E-state index in [1.165, 1.54) is 5.56 Å². The molecule has 1 heterocycles. The van der Waals surface area contributed by atoms with E-state index in [9.17, 15) is 14.4 Å². The summed E-state index contributed by atoms with van der Waals surface area (Å²) in [6.45, 7) is 7.56. The highest BCUT2D eigenvalue weighted by molar-refractivity contribution is 6.06. The van der Waals surface area contributed by atoms with Gasteiger partial charge in [-0.2, -0.15) is 0 Å². The highest BCUT2D eigenvalue weighted by atomic mass is 16.5. The van der Waals surface area contributed by atoms with Crippen LogP contribution in [-0.2, 0) is 11.2 Å². The molecule has 2 aromatic rings. The monoisotopic (exact) mass is 396 g/mol. The van der Waals surface area contributed by atoms with Crippen LogP contribution in [0.15, 0.2) is 24.3 Å². The number of aryl methyl sites for hydroxylation is 2. The average molecular weight is 396 g/mol. The van der Waals surface area contributed by atoms with Crippen molar-refractivity contribution in [1.29, 1.82) is 0 Å². The fourth-order valence-electron chi connectivity index (χ4n) is 3.61. The second-order valence-electron chi connectivity index (χ2n) is 7.48. The first-order valence-electron chi connectivity index (χ1n) is 10.2. The molecule has 1 aromatic carbocycles. The van der Waals surface area contributed by atoms with Crippen LogP contribution < -0.4 is 0 Å². The Morgan fingerprint density at radius 3 is 2.31 bits per heavy atom. The molecule has 0 bridgehead atoms. The van der Waals surface area contributed by atoms with Crippen molar-refractivity contribution in [2.75, 3.05) is 13.2 Å². The van der Waals surface area contributed by atoms with Crippen LogP contribution in [0.1, 0.15) is 74.7 Å². The van der Waals surface area contributed by atoms with Crippen molar-refractivity contribution < 1.29 is 19.1 Å². The zero-order valence-corrected chi connectivity index (χ0v) is 17.5. The number of carbonyl (C=O) groups is 3. The third-order valence-electron chi connectivity index (χ3n) is 5.37. The van der Waals surface area contributed by atoms with Crippen LogP contribution >= 0.6 is 0 Å². The Kier molecular flexibility index (Phi) is 6.20. The Morgan fingerprint density at radius 1 is 1.10 bits per heavy atom. The standard InChI is InChI=1S/C23H28N2O4/c1-5-16-7-9-17(10-8-16)22(27)25(18-11-12-18)13-19(26)20-14(3)21(24-15(20)4)23(28)29-6-2/h7-10,18,24H,5-6,11-13H2,1-4H3. The van der Waals surface area contributed by atoms with Gasteiger partial charge >= 0.3 is 5.97 Å². The third-order valence-corrected chi connectivity index (χ3v) is 5.37. The third kappa shape index (κ3) is 4.42. The number of hydrogen-bond acceptors (Lipinski definition) is 4. The molecule has 0 radical (unpaired) electrons. The van der Waals surface area contributed by atoms with Crippen LogP contribution in [-0.4, -0.2) is 46.7 Å². The number of nitrogens with one attached hydrogen (secondary N) is 1. The molecule has 6 nitrogen and oxygen atoms in total. The van der Waals surface area contributed by atoms with E-state index in [2.05, 4.69) is 11.9 Å². The van der Waals surface area contributed by atoms with Gasteiger partial charge in [-0.15, -0.1) is 0 Å². The first kappa shape index (κ1) is 20.8. The number of benzene rings is 1. The zero-order valence-electron chi connectivity index (χ0n) is 17.5. The van der Waals surface area contributed by atoms with Crippen LogP contribution in [0.3, 0.4) is 0 Å². The van der Waals surface area contributed by atoms with E-state index in [1.807, 2.05) is 24.3 Å². The largest absolute Gasteiger partial charge is 0.461 e. The Balaban J connectivity index is 1.82. The molecule has 0 spiro atoms. The molecule has 1 aliphatic carbocycles. The minimum Gasteiger partial charge on any atom is -0.461 e. The number of aromatic nitrogens is 1.